The van der Waals surface area contributed by atoms with Crippen LogP contribution in [0, 0.1) is 0 Å². The summed E-state index contributed by atoms with van der Waals surface area (Å²) in [6, 6.07) is 12.7. The van der Waals surface area contributed by atoms with Crippen molar-refractivity contribution in [2.24, 2.45) is 0 Å². The van der Waals surface area contributed by atoms with Crippen LogP contribution in [0.4, 0.5) is 0 Å². The van der Waals surface area contributed by atoms with E-state index >= 15 is 0 Å². The van der Waals surface area contributed by atoms with Crippen molar-refractivity contribution in [1.82, 2.24) is 0 Å². The third kappa shape index (κ3) is 8.94. The maximum atomic E-state index is 13.9. The number of phenolic OH excluding ortho intramolecular Hbond substituents is 7. The molecule has 0 bridgehead atoms. The summed E-state index contributed by atoms with van der Waals surface area (Å²) in [6.45, 7) is 0. The molecule has 0 amide bonds. The molecule has 5 rings (SSSR count). The molecular weight excluding hydrogens is 713 g/mol. The van der Waals surface area contributed by atoms with Gasteiger partial charge in [-0.05, 0) is 70.8 Å². The Labute approximate surface area is 315 Å². The van der Waals surface area contributed by atoms with Gasteiger partial charge in [-0.3, -0.25) is 4.79 Å². The van der Waals surface area contributed by atoms with Gasteiger partial charge in [0.15, 0.2) is 46.0 Å². The third-order valence-corrected chi connectivity index (χ3v) is 8.01. The second kappa shape index (κ2) is 16.3. The van der Waals surface area contributed by atoms with Crippen LogP contribution in [-0.4, -0.2) is 94.9 Å². The first-order valence-corrected chi connectivity index (χ1v) is 15.2. The number of ether oxygens (including phenoxy) is 3. The van der Waals surface area contributed by atoms with Crippen LogP contribution in [-0.2, 0) is 41.5 Å². The van der Waals surface area contributed by atoms with E-state index < -0.39 is 101 Å². The minimum atomic E-state index is -1.96. The quantitative estimate of drug-likeness (QED) is 0.0444. The number of benzene rings is 4. The molecule has 0 aromatic heterocycles. The SMILES string of the molecule is O=C(/C=C\c1ccc(O)c2c1[C@H](C(=O)O[C@H](Cc1ccc(O)c(O)c1)C(=O)[O-])C(c1ccc(O)c(O)c1)O2)O[C@H](Cc1ccc(O)c(O)c1)C(=O)[O-].[Mg+2]. The van der Waals surface area contributed by atoms with E-state index in [1.165, 1.54) is 24.3 Å². The van der Waals surface area contributed by atoms with Gasteiger partial charge in [0.05, 0.1) is 11.9 Å². The summed E-state index contributed by atoms with van der Waals surface area (Å²) in [6.07, 6.45) is -4.31. The normalized spacial score (nSPS) is 15.7. The Balaban J connectivity index is 0.00000627. The van der Waals surface area contributed by atoms with E-state index in [9.17, 15) is 65.1 Å². The standard InChI is InChI=1S/C36H30O16.Mg/c37-20-6-1-16(11-24(20)41)13-27(34(45)46)50-29(44)10-5-18-3-9-23(40)33-30(18)31(32(52-33)19-4-8-22(39)26(43)15-19)36(49)51-28(35(47)48)14-17-2-7-21(38)25(42)12-17;/h1-12,15,27-28,31-32,37-43H,13-14H2,(H,45,46)(H,47,48);/q;+2/p-2/b10-5-;/t27-,28-,31+,32?;/m1./s1. The van der Waals surface area contributed by atoms with Gasteiger partial charge in [0, 0.05) is 24.5 Å². The number of hydrogen-bond donors (Lipinski definition) is 7. The molecule has 1 aliphatic rings. The smallest absolute Gasteiger partial charge is 0.546 e. The topological polar surface area (TPSA) is 284 Å². The fourth-order valence-corrected chi connectivity index (χ4v) is 5.48. The maximum Gasteiger partial charge on any atom is 2.00 e. The van der Waals surface area contributed by atoms with Crippen LogP contribution in [0.15, 0.2) is 72.8 Å². The van der Waals surface area contributed by atoms with Crippen molar-refractivity contribution in [3.8, 4) is 46.0 Å². The van der Waals surface area contributed by atoms with Crippen molar-refractivity contribution < 1.29 is 79.3 Å². The zero-order chi connectivity index (χ0) is 37.9. The van der Waals surface area contributed by atoms with Crippen LogP contribution in [0.2, 0.25) is 0 Å². The van der Waals surface area contributed by atoms with Gasteiger partial charge < -0.3 is 69.8 Å². The Morgan fingerprint density at radius 1 is 0.660 bits per heavy atom. The molecule has 1 aliphatic heterocycles. The minimum absolute atomic E-state index is 0. The Bertz CT molecular complexity index is 2090. The van der Waals surface area contributed by atoms with Gasteiger partial charge in [-0.25, -0.2) is 4.79 Å². The van der Waals surface area contributed by atoms with Gasteiger partial charge in [-0.1, -0.05) is 24.3 Å². The van der Waals surface area contributed by atoms with E-state index in [1.807, 2.05) is 0 Å². The van der Waals surface area contributed by atoms with Crippen molar-refractivity contribution in [1.29, 1.82) is 0 Å². The Hall–Kier alpha value is -6.33. The minimum Gasteiger partial charge on any atom is -0.546 e. The molecule has 17 heteroatoms. The zero-order valence-electron chi connectivity index (χ0n) is 27.2. The molecule has 0 radical (unpaired) electrons. The molecule has 0 fully saturated rings. The summed E-state index contributed by atoms with van der Waals surface area (Å²) in [5, 5.41) is 93.3. The number of carbonyl (C=O) groups excluding carboxylic acids is 4. The van der Waals surface area contributed by atoms with Crippen molar-refractivity contribution in [3.05, 3.63) is 101 Å². The number of phenols is 7. The first-order valence-electron chi connectivity index (χ1n) is 15.2. The van der Waals surface area contributed by atoms with Crippen molar-refractivity contribution >= 4 is 53.0 Å². The Morgan fingerprint density at radius 2 is 1.15 bits per heavy atom. The van der Waals surface area contributed by atoms with Crippen molar-refractivity contribution in [3.63, 3.8) is 0 Å². The molecule has 0 spiro atoms. The molecule has 0 aliphatic carbocycles. The summed E-state index contributed by atoms with van der Waals surface area (Å²) < 4.78 is 16.3. The second-order valence-electron chi connectivity index (χ2n) is 11.6. The van der Waals surface area contributed by atoms with Crippen LogP contribution in [0.3, 0.4) is 0 Å². The molecule has 1 heterocycles. The van der Waals surface area contributed by atoms with Gasteiger partial charge in [-0.2, -0.15) is 0 Å². The molecule has 4 aromatic rings. The van der Waals surface area contributed by atoms with Crippen molar-refractivity contribution in [2.75, 3.05) is 0 Å². The monoisotopic (exact) mass is 740 g/mol. The van der Waals surface area contributed by atoms with Gasteiger partial charge in [0.25, 0.3) is 0 Å². The van der Waals surface area contributed by atoms with E-state index in [1.54, 1.807) is 0 Å². The first kappa shape index (κ1) is 39.5. The number of carboxylic acids is 2. The maximum absolute atomic E-state index is 13.9. The number of aliphatic carboxylic acids is 2. The zero-order valence-corrected chi connectivity index (χ0v) is 28.7. The molecular formula is C36H28MgO16. The fourth-order valence-electron chi connectivity index (χ4n) is 5.48. The number of carboxylic acid groups (broad SMARTS) is 2. The number of esters is 2. The third-order valence-electron chi connectivity index (χ3n) is 8.01. The molecule has 4 aromatic carbocycles. The summed E-state index contributed by atoms with van der Waals surface area (Å²) in [5.74, 6) is -11.6. The molecule has 270 valence electrons. The number of carbonyl (C=O) groups is 4. The number of hydrogen-bond acceptors (Lipinski definition) is 16. The first-order chi connectivity index (χ1) is 24.6. The van der Waals surface area contributed by atoms with E-state index in [0.717, 1.165) is 54.6 Å². The van der Waals surface area contributed by atoms with Gasteiger partial charge >= 0.3 is 35.0 Å². The van der Waals surface area contributed by atoms with E-state index in [4.69, 9.17) is 14.2 Å². The van der Waals surface area contributed by atoms with Crippen LogP contribution in [0.25, 0.3) is 6.08 Å². The van der Waals surface area contributed by atoms with E-state index in [-0.39, 0.29) is 56.6 Å². The van der Waals surface area contributed by atoms with Gasteiger partial charge in [0.2, 0.25) is 0 Å². The van der Waals surface area contributed by atoms with Crippen LogP contribution in [0.5, 0.6) is 46.0 Å². The molecule has 0 saturated carbocycles. The number of rotatable bonds is 12. The predicted molar refractivity (Wildman–Crippen MR) is 176 cm³/mol. The fraction of sp³-hybridized carbons (Fsp3) is 0.167. The number of aromatic hydroxyl groups is 7. The molecule has 0 saturated heterocycles. The Morgan fingerprint density at radius 3 is 1.66 bits per heavy atom. The van der Waals surface area contributed by atoms with Crippen molar-refractivity contribution in [2.45, 2.75) is 37.1 Å². The summed E-state index contributed by atoms with van der Waals surface area (Å²) >= 11 is 0. The molecule has 1 unspecified atom stereocenters. The molecule has 7 N–H and O–H groups in total. The largest absolute Gasteiger partial charge is 2.00 e. The predicted octanol–water partition coefficient (Wildman–Crippen LogP) is 0.284. The van der Waals surface area contributed by atoms with Gasteiger partial charge in [-0.15, -0.1) is 0 Å². The Kier molecular flexibility index (Phi) is 12.2. The van der Waals surface area contributed by atoms with Crippen LogP contribution < -0.4 is 14.9 Å². The summed E-state index contributed by atoms with van der Waals surface area (Å²) in [5.41, 5.74) is 0.269. The molecule has 16 nitrogen and oxygen atoms in total. The second-order valence-corrected chi connectivity index (χ2v) is 11.6. The van der Waals surface area contributed by atoms with Gasteiger partial charge in [0.1, 0.15) is 24.2 Å². The van der Waals surface area contributed by atoms with Crippen LogP contribution in [0.1, 0.15) is 39.8 Å². The van der Waals surface area contributed by atoms with E-state index in [2.05, 4.69) is 0 Å². The van der Waals surface area contributed by atoms with Crippen LogP contribution >= 0.6 is 0 Å². The van der Waals surface area contributed by atoms with E-state index in [0.29, 0.717) is 0 Å². The number of fused-ring (bicyclic) bond motifs is 1. The molecule has 4 atom stereocenters. The summed E-state index contributed by atoms with van der Waals surface area (Å²) in [7, 11) is 0. The average molecular weight is 741 g/mol. The molecule has 53 heavy (non-hydrogen) atoms. The average Bonchev–Trinajstić information content (AvgIpc) is 3.50. The summed E-state index contributed by atoms with van der Waals surface area (Å²) in [4.78, 5) is 50.6.